The predicted molar refractivity (Wildman–Crippen MR) is 111 cm³/mol. The Kier molecular flexibility index (Phi) is 4.74. The van der Waals surface area contributed by atoms with E-state index >= 15 is 0 Å². The van der Waals surface area contributed by atoms with Crippen LogP contribution in [-0.2, 0) is 4.79 Å². The highest BCUT2D eigenvalue weighted by Crippen LogP contribution is 2.65. The maximum absolute atomic E-state index is 13.0. The number of nitrogens with zero attached hydrogens (tertiary/aromatic N) is 2. The van der Waals surface area contributed by atoms with Gasteiger partial charge in [0, 0.05) is 39.3 Å². The van der Waals surface area contributed by atoms with Gasteiger partial charge in [0.25, 0.3) is 0 Å². The molecule has 1 aliphatic heterocycles. The van der Waals surface area contributed by atoms with Crippen LogP contribution in [0.5, 0.6) is 5.75 Å². The standard InChI is InChI=1S/C23H33N3O2/c1-28-21-5-3-2-4-20(21)26-10-8-25(9-11-26)7-6-24-22(27)23-15-17-12-18(16-23)14-19(23)13-17/h2-5,17-19H,6-16H2,1H3,(H,24,27)/t17-,18+,19?,23?. The van der Waals surface area contributed by atoms with Crippen LogP contribution in [0.25, 0.3) is 0 Å². The first-order chi connectivity index (χ1) is 13.7. The molecule has 6 rings (SSSR count). The zero-order valence-electron chi connectivity index (χ0n) is 17.0. The quantitative estimate of drug-likeness (QED) is 0.820. The van der Waals surface area contributed by atoms with Gasteiger partial charge in [-0.15, -0.1) is 0 Å². The molecule has 1 amide bonds. The lowest BCUT2D eigenvalue weighted by Gasteiger charge is -2.37. The smallest absolute Gasteiger partial charge is 0.226 e. The SMILES string of the molecule is COc1ccccc1N1CCN(CCNC(=O)C23C[C@@H]4CC2C[C@@H](C4)C3)CC1. The van der Waals surface area contributed by atoms with Crippen LogP contribution in [0, 0.1) is 23.2 Å². The monoisotopic (exact) mass is 383 g/mol. The minimum absolute atomic E-state index is 0.0101. The summed E-state index contributed by atoms with van der Waals surface area (Å²) in [6.45, 7) is 5.82. The van der Waals surface area contributed by atoms with Crippen molar-refractivity contribution >= 4 is 11.6 Å². The van der Waals surface area contributed by atoms with Gasteiger partial charge in [-0.1, -0.05) is 12.1 Å². The fraction of sp³-hybridized carbons (Fsp3) is 0.696. The number of ether oxygens (including phenoxy) is 1. The molecule has 0 spiro atoms. The maximum atomic E-state index is 13.0. The van der Waals surface area contributed by atoms with Crippen LogP contribution < -0.4 is 15.0 Å². The molecule has 4 saturated carbocycles. The van der Waals surface area contributed by atoms with Gasteiger partial charge in [0.1, 0.15) is 5.75 Å². The number of carbonyl (C=O) groups excluding carboxylic acids is 1. The van der Waals surface area contributed by atoms with Gasteiger partial charge in [0.15, 0.2) is 0 Å². The molecule has 2 unspecified atom stereocenters. The average molecular weight is 384 g/mol. The Hall–Kier alpha value is -1.75. The van der Waals surface area contributed by atoms with E-state index in [4.69, 9.17) is 4.74 Å². The Balaban J connectivity index is 1.09. The Morgan fingerprint density at radius 3 is 2.54 bits per heavy atom. The van der Waals surface area contributed by atoms with Crippen molar-refractivity contribution in [2.45, 2.75) is 32.1 Å². The number of rotatable bonds is 6. The third-order valence-electron chi connectivity index (χ3n) is 7.95. The second kappa shape index (κ2) is 7.25. The number of methoxy groups -OCH3 is 1. The number of piperazine rings is 1. The number of hydrogen-bond acceptors (Lipinski definition) is 4. The summed E-state index contributed by atoms with van der Waals surface area (Å²) in [5, 5.41) is 3.32. The van der Waals surface area contributed by atoms with Crippen LogP contribution in [0.4, 0.5) is 5.69 Å². The van der Waals surface area contributed by atoms with Gasteiger partial charge in [-0.05, 0) is 62.0 Å². The molecule has 1 saturated heterocycles. The third-order valence-corrected chi connectivity index (χ3v) is 7.95. The number of nitrogens with one attached hydrogen (secondary N) is 1. The number of anilines is 1. The van der Waals surface area contributed by atoms with Crippen LogP contribution >= 0.6 is 0 Å². The zero-order chi connectivity index (χ0) is 19.1. The summed E-state index contributed by atoms with van der Waals surface area (Å²) in [5.74, 6) is 3.68. The van der Waals surface area contributed by atoms with E-state index in [9.17, 15) is 4.79 Å². The van der Waals surface area contributed by atoms with E-state index in [1.165, 1.54) is 24.9 Å². The molecule has 5 aliphatic rings. The molecule has 1 N–H and O–H groups in total. The van der Waals surface area contributed by atoms with E-state index < -0.39 is 0 Å². The number of carbonyl (C=O) groups is 1. The van der Waals surface area contributed by atoms with Crippen molar-refractivity contribution in [3.63, 3.8) is 0 Å². The molecule has 28 heavy (non-hydrogen) atoms. The normalized spacial score (nSPS) is 34.0. The van der Waals surface area contributed by atoms with Crippen LogP contribution in [0.15, 0.2) is 24.3 Å². The summed E-state index contributed by atoms with van der Waals surface area (Å²) in [4.78, 5) is 17.9. The highest BCUT2D eigenvalue weighted by Gasteiger charge is 2.61. The van der Waals surface area contributed by atoms with E-state index in [0.717, 1.165) is 69.7 Å². The molecule has 4 aliphatic carbocycles. The highest BCUT2D eigenvalue weighted by molar-refractivity contribution is 5.84. The van der Waals surface area contributed by atoms with Gasteiger partial charge < -0.3 is 15.0 Å². The average Bonchev–Trinajstić information content (AvgIpc) is 3.13. The first-order valence-electron chi connectivity index (χ1n) is 11.1. The molecular weight excluding hydrogens is 350 g/mol. The first kappa shape index (κ1) is 18.3. The van der Waals surface area contributed by atoms with Crippen LogP contribution in [0.3, 0.4) is 0 Å². The van der Waals surface area contributed by atoms with E-state index in [-0.39, 0.29) is 5.41 Å². The number of para-hydroxylation sites is 2. The Labute approximate surface area is 168 Å². The van der Waals surface area contributed by atoms with E-state index in [0.29, 0.717) is 11.8 Å². The molecule has 5 fully saturated rings. The molecule has 152 valence electrons. The topological polar surface area (TPSA) is 44.8 Å². The molecule has 0 radical (unpaired) electrons. The lowest BCUT2D eigenvalue weighted by atomic mass is 9.75. The molecule has 4 bridgehead atoms. The molecule has 5 heteroatoms. The molecule has 1 aromatic rings. The Morgan fingerprint density at radius 2 is 1.82 bits per heavy atom. The van der Waals surface area contributed by atoms with Gasteiger partial charge in [0.2, 0.25) is 5.91 Å². The minimum Gasteiger partial charge on any atom is -0.495 e. The lowest BCUT2D eigenvalue weighted by molar-refractivity contribution is -0.132. The Morgan fingerprint density at radius 1 is 1.11 bits per heavy atom. The van der Waals surface area contributed by atoms with Gasteiger partial charge in [-0.25, -0.2) is 0 Å². The lowest BCUT2D eigenvalue weighted by Crippen LogP contribution is -2.50. The fourth-order valence-electron chi connectivity index (χ4n) is 6.77. The summed E-state index contributed by atoms with van der Waals surface area (Å²) in [6.07, 6.45) is 6.35. The van der Waals surface area contributed by atoms with E-state index in [1.807, 2.05) is 12.1 Å². The van der Waals surface area contributed by atoms with Crippen LogP contribution in [0.1, 0.15) is 32.1 Å². The zero-order valence-corrected chi connectivity index (χ0v) is 17.0. The molecule has 4 atom stereocenters. The number of amides is 1. The summed E-state index contributed by atoms with van der Waals surface area (Å²) in [5.41, 5.74) is 1.19. The van der Waals surface area contributed by atoms with Crippen molar-refractivity contribution in [2.75, 3.05) is 51.3 Å². The second-order valence-electron chi connectivity index (χ2n) is 9.46. The Bertz CT molecular complexity index is 714. The van der Waals surface area contributed by atoms with Gasteiger partial charge in [0.05, 0.1) is 18.2 Å². The molecular formula is C23H33N3O2. The summed E-state index contributed by atoms with van der Waals surface area (Å²) >= 11 is 0. The third kappa shape index (κ3) is 3.08. The fourth-order valence-corrected chi connectivity index (χ4v) is 6.77. The summed E-state index contributed by atoms with van der Waals surface area (Å²) in [6, 6.07) is 8.25. The molecule has 5 nitrogen and oxygen atoms in total. The number of hydrogen-bond donors (Lipinski definition) is 1. The number of benzene rings is 1. The first-order valence-corrected chi connectivity index (χ1v) is 11.1. The predicted octanol–water partition coefficient (Wildman–Crippen LogP) is 2.76. The van der Waals surface area contributed by atoms with Gasteiger partial charge in [-0.2, -0.15) is 0 Å². The molecule has 1 aromatic carbocycles. The molecule has 1 heterocycles. The van der Waals surface area contributed by atoms with E-state index in [1.54, 1.807) is 7.11 Å². The minimum atomic E-state index is 0.0101. The summed E-state index contributed by atoms with van der Waals surface area (Å²) < 4.78 is 5.51. The van der Waals surface area contributed by atoms with Crippen molar-refractivity contribution in [2.24, 2.45) is 23.2 Å². The van der Waals surface area contributed by atoms with Crippen molar-refractivity contribution in [3.8, 4) is 5.75 Å². The van der Waals surface area contributed by atoms with E-state index in [2.05, 4.69) is 27.2 Å². The van der Waals surface area contributed by atoms with Gasteiger partial charge in [-0.3, -0.25) is 9.69 Å². The summed E-state index contributed by atoms with van der Waals surface area (Å²) in [7, 11) is 1.74. The maximum Gasteiger partial charge on any atom is 0.226 e. The van der Waals surface area contributed by atoms with Crippen molar-refractivity contribution in [1.29, 1.82) is 0 Å². The second-order valence-corrected chi connectivity index (χ2v) is 9.46. The van der Waals surface area contributed by atoms with Gasteiger partial charge >= 0.3 is 0 Å². The van der Waals surface area contributed by atoms with Crippen LogP contribution in [0.2, 0.25) is 0 Å². The van der Waals surface area contributed by atoms with Crippen LogP contribution in [-0.4, -0.2) is 57.2 Å². The van der Waals surface area contributed by atoms with Crippen molar-refractivity contribution < 1.29 is 9.53 Å². The largest absolute Gasteiger partial charge is 0.495 e. The highest BCUT2D eigenvalue weighted by atomic mass is 16.5. The van der Waals surface area contributed by atoms with Crippen molar-refractivity contribution in [3.05, 3.63) is 24.3 Å². The molecule has 0 aromatic heterocycles. The van der Waals surface area contributed by atoms with Crippen molar-refractivity contribution in [1.82, 2.24) is 10.2 Å².